The normalized spacial score (nSPS) is 12.7. The van der Waals surface area contributed by atoms with Crippen molar-refractivity contribution in [2.75, 3.05) is 22.6 Å². The molecular formula is C32H33N3O4S. The molecule has 4 rings (SSSR count). The monoisotopic (exact) mass is 555 g/mol. The molecule has 0 fully saturated rings. The average molecular weight is 556 g/mol. The molecular weight excluding hydrogens is 522 g/mol. The van der Waals surface area contributed by atoms with Crippen LogP contribution in [-0.2, 0) is 9.53 Å². The van der Waals surface area contributed by atoms with Crippen molar-refractivity contribution in [2.45, 2.75) is 30.8 Å². The van der Waals surface area contributed by atoms with Crippen LogP contribution >= 0.6 is 11.8 Å². The summed E-state index contributed by atoms with van der Waals surface area (Å²) in [7, 11) is 0. The number of phenolic OH excluding ortho intramolecular Hbond substituents is 1. The zero-order chi connectivity index (χ0) is 28.5. The molecule has 0 saturated heterocycles. The molecule has 0 aliphatic rings. The van der Waals surface area contributed by atoms with Crippen LogP contribution in [-0.4, -0.2) is 23.4 Å². The second-order valence-corrected chi connectivity index (χ2v) is 10.3. The molecule has 0 heterocycles. The lowest BCUT2D eigenvalue weighted by Gasteiger charge is -2.26. The van der Waals surface area contributed by atoms with Gasteiger partial charge in [0.05, 0.1) is 11.4 Å². The first kappa shape index (κ1) is 28.6. The number of hydrogen-bond acceptors (Lipinski definition) is 6. The number of carbonyl (C=O) groups excluding carboxylic acids is 2. The fourth-order valence-electron chi connectivity index (χ4n) is 4.46. The third-order valence-corrected chi connectivity index (χ3v) is 7.35. The van der Waals surface area contributed by atoms with Crippen molar-refractivity contribution in [1.82, 2.24) is 0 Å². The van der Waals surface area contributed by atoms with Crippen molar-refractivity contribution in [3.05, 3.63) is 103 Å². The molecule has 0 bridgehead atoms. The summed E-state index contributed by atoms with van der Waals surface area (Å²) in [6.07, 6.45) is 5.34. The molecule has 5 N–H and O–H groups in total. The smallest absolute Gasteiger partial charge is 0.412 e. The number of amides is 2. The van der Waals surface area contributed by atoms with E-state index in [0.717, 1.165) is 15.8 Å². The van der Waals surface area contributed by atoms with E-state index in [4.69, 9.17) is 10.5 Å². The van der Waals surface area contributed by atoms with Crippen molar-refractivity contribution < 1.29 is 19.4 Å². The Balaban J connectivity index is 1.48. The number of rotatable bonds is 10. The van der Waals surface area contributed by atoms with E-state index in [1.165, 1.54) is 6.08 Å². The van der Waals surface area contributed by atoms with Crippen LogP contribution in [0.4, 0.5) is 21.9 Å². The van der Waals surface area contributed by atoms with Crippen molar-refractivity contribution in [2.24, 2.45) is 5.92 Å². The molecule has 0 radical (unpaired) electrons. The Morgan fingerprint density at radius 3 is 2.38 bits per heavy atom. The predicted molar refractivity (Wildman–Crippen MR) is 164 cm³/mol. The predicted octanol–water partition coefficient (Wildman–Crippen LogP) is 7.75. The van der Waals surface area contributed by atoms with Crippen LogP contribution in [0.15, 0.2) is 102 Å². The van der Waals surface area contributed by atoms with E-state index in [0.29, 0.717) is 35.3 Å². The highest BCUT2D eigenvalue weighted by molar-refractivity contribution is 7.98. The zero-order valence-electron chi connectivity index (χ0n) is 22.5. The van der Waals surface area contributed by atoms with Gasteiger partial charge in [-0.05, 0) is 78.9 Å². The maximum atomic E-state index is 13.0. The molecule has 0 saturated carbocycles. The second kappa shape index (κ2) is 13.6. The number of nitrogen functional groups attached to an aromatic ring is 1. The van der Waals surface area contributed by atoms with E-state index in [1.807, 2.05) is 61.7 Å². The van der Waals surface area contributed by atoms with Crippen LogP contribution in [0.25, 0.3) is 10.8 Å². The minimum Gasteiger partial charge on any atom is -0.507 e. The molecule has 2 amide bonds. The van der Waals surface area contributed by atoms with E-state index in [2.05, 4.69) is 10.6 Å². The number of para-hydroxylation sites is 2. The molecule has 4 aromatic carbocycles. The summed E-state index contributed by atoms with van der Waals surface area (Å²) in [4.78, 5) is 26.5. The van der Waals surface area contributed by atoms with E-state index >= 15 is 0 Å². The van der Waals surface area contributed by atoms with Crippen LogP contribution in [0, 0.1) is 5.92 Å². The Morgan fingerprint density at radius 2 is 1.65 bits per heavy atom. The number of fused-ring (bicyclic) bond motifs is 1. The number of hydrogen-bond donors (Lipinski definition) is 4. The number of nitrogens with one attached hydrogen (secondary N) is 2. The Bertz CT molecular complexity index is 1500. The highest BCUT2D eigenvalue weighted by Gasteiger charge is 2.26. The molecule has 0 aliphatic carbocycles. The van der Waals surface area contributed by atoms with Gasteiger partial charge in [0.1, 0.15) is 11.9 Å². The highest BCUT2D eigenvalue weighted by atomic mass is 32.2. The first-order valence-electron chi connectivity index (χ1n) is 13.0. The lowest BCUT2D eigenvalue weighted by molar-refractivity contribution is -0.111. The van der Waals surface area contributed by atoms with Gasteiger partial charge in [-0.3, -0.25) is 10.1 Å². The van der Waals surface area contributed by atoms with Gasteiger partial charge in [0, 0.05) is 21.5 Å². The number of benzene rings is 4. The van der Waals surface area contributed by atoms with E-state index < -0.39 is 12.2 Å². The Hall–Kier alpha value is -4.43. The van der Waals surface area contributed by atoms with E-state index in [1.54, 1.807) is 54.2 Å². The first-order valence-corrected chi connectivity index (χ1v) is 14.2. The van der Waals surface area contributed by atoms with E-state index in [9.17, 15) is 14.7 Å². The summed E-state index contributed by atoms with van der Waals surface area (Å²) in [5, 5.41) is 17.5. The maximum absolute atomic E-state index is 13.0. The van der Waals surface area contributed by atoms with Gasteiger partial charge in [0.2, 0.25) is 5.91 Å². The molecule has 2 atom stereocenters. The van der Waals surface area contributed by atoms with Gasteiger partial charge in [0.15, 0.2) is 0 Å². The molecule has 7 nitrogen and oxygen atoms in total. The number of ether oxygens (including phenoxy) is 1. The van der Waals surface area contributed by atoms with Gasteiger partial charge in [-0.2, -0.15) is 0 Å². The largest absolute Gasteiger partial charge is 0.507 e. The lowest BCUT2D eigenvalue weighted by atomic mass is 9.89. The topological polar surface area (TPSA) is 114 Å². The van der Waals surface area contributed by atoms with Gasteiger partial charge < -0.3 is 20.9 Å². The van der Waals surface area contributed by atoms with Crippen molar-refractivity contribution in [3.8, 4) is 5.75 Å². The summed E-state index contributed by atoms with van der Waals surface area (Å²) < 4.78 is 6.02. The summed E-state index contributed by atoms with van der Waals surface area (Å²) in [6, 6.07) is 25.5. The van der Waals surface area contributed by atoms with Gasteiger partial charge in [-0.25, -0.2) is 4.79 Å². The van der Waals surface area contributed by atoms with Crippen LogP contribution in [0.2, 0.25) is 0 Å². The lowest BCUT2D eigenvalue weighted by Crippen LogP contribution is -2.22. The molecule has 8 heteroatoms. The number of aromatic hydroxyl groups is 1. The van der Waals surface area contributed by atoms with Gasteiger partial charge >= 0.3 is 6.09 Å². The molecule has 206 valence electrons. The van der Waals surface area contributed by atoms with Gasteiger partial charge in [-0.1, -0.05) is 55.5 Å². The van der Waals surface area contributed by atoms with Gasteiger partial charge in [-0.15, -0.1) is 11.8 Å². The minimum atomic E-state index is -0.595. The SMILES string of the molecule is CSc1ccc(NC(=O)O[C@@H](c2ccc(O)c3ccccc23)[C@H](C)CC/C=C/C(=O)Nc2ccccc2N)cc1. The Morgan fingerprint density at radius 1 is 0.950 bits per heavy atom. The molecule has 0 aliphatic heterocycles. The molecule has 40 heavy (non-hydrogen) atoms. The van der Waals surface area contributed by atoms with Crippen molar-refractivity contribution in [3.63, 3.8) is 0 Å². The number of phenols is 1. The van der Waals surface area contributed by atoms with Crippen LogP contribution in [0.5, 0.6) is 5.75 Å². The summed E-state index contributed by atoms with van der Waals surface area (Å²) in [5.74, 6) is -0.207. The summed E-state index contributed by atoms with van der Waals surface area (Å²) in [5.41, 5.74) is 8.40. The highest BCUT2D eigenvalue weighted by Crippen LogP contribution is 2.37. The zero-order valence-corrected chi connectivity index (χ0v) is 23.3. The number of nitrogens with two attached hydrogens (primary N) is 1. The number of thioether (sulfide) groups is 1. The van der Waals surface area contributed by atoms with Gasteiger partial charge in [0.25, 0.3) is 0 Å². The minimum absolute atomic E-state index is 0.102. The number of carbonyl (C=O) groups is 2. The maximum Gasteiger partial charge on any atom is 0.412 e. The molecule has 0 aromatic heterocycles. The molecule has 4 aromatic rings. The standard InChI is InChI=1S/C32H33N3O4S/c1-21(9-3-8-14-30(37)35-28-13-7-6-12-27(28)33)31(26-19-20-29(36)25-11-5-4-10-24(25)26)39-32(38)34-22-15-17-23(40-2)18-16-22/h4-8,10-21,31,36H,3,9,33H2,1-2H3,(H,34,38)(H,35,37)/b14-8+/t21-,31-/m1/s1. The van der Waals surface area contributed by atoms with Crippen molar-refractivity contribution >= 4 is 51.6 Å². The third-order valence-electron chi connectivity index (χ3n) is 6.61. The fourth-order valence-corrected chi connectivity index (χ4v) is 4.87. The van der Waals surface area contributed by atoms with Crippen LogP contribution < -0.4 is 16.4 Å². The Kier molecular flexibility index (Phi) is 9.70. The molecule has 0 spiro atoms. The average Bonchev–Trinajstić information content (AvgIpc) is 2.96. The first-order chi connectivity index (χ1) is 19.4. The number of anilines is 3. The molecule has 0 unspecified atom stereocenters. The van der Waals surface area contributed by atoms with Crippen molar-refractivity contribution in [1.29, 1.82) is 0 Å². The number of allylic oxidation sites excluding steroid dienone is 1. The van der Waals surface area contributed by atoms with Crippen LogP contribution in [0.3, 0.4) is 0 Å². The van der Waals surface area contributed by atoms with Crippen LogP contribution in [0.1, 0.15) is 31.4 Å². The second-order valence-electron chi connectivity index (χ2n) is 9.43. The Labute approximate surface area is 238 Å². The quantitative estimate of drug-likeness (QED) is 0.0904. The summed E-state index contributed by atoms with van der Waals surface area (Å²) in [6.45, 7) is 2.01. The fraction of sp³-hybridized carbons (Fsp3) is 0.188. The summed E-state index contributed by atoms with van der Waals surface area (Å²) >= 11 is 1.62. The van der Waals surface area contributed by atoms with E-state index in [-0.39, 0.29) is 17.6 Å². The third kappa shape index (κ3) is 7.36.